The van der Waals surface area contributed by atoms with Gasteiger partial charge in [-0.05, 0) is 35.3 Å². The number of rotatable bonds is 0. The average Bonchev–Trinajstić information content (AvgIpc) is 2.15. The van der Waals surface area contributed by atoms with Crippen LogP contribution in [0.4, 0.5) is 0 Å². The van der Waals surface area contributed by atoms with Crippen molar-refractivity contribution < 1.29 is 0 Å². The summed E-state index contributed by atoms with van der Waals surface area (Å²) in [5, 5.41) is 0. The Morgan fingerprint density at radius 3 is 2.54 bits per heavy atom. The van der Waals surface area contributed by atoms with Crippen LogP contribution in [0.15, 0.2) is 24.3 Å². The molecule has 0 radical (unpaired) electrons. The summed E-state index contributed by atoms with van der Waals surface area (Å²) in [5.74, 6) is 2.40. The van der Waals surface area contributed by atoms with E-state index in [0.717, 1.165) is 17.8 Å². The summed E-state index contributed by atoms with van der Waals surface area (Å²) >= 11 is 0. The summed E-state index contributed by atoms with van der Waals surface area (Å²) in [5.41, 5.74) is 3.15. The van der Waals surface area contributed by atoms with Gasteiger partial charge in [-0.1, -0.05) is 45.0 Å². The fourth-order valence-corrected chi connectivity index (χ4v) is 2.47. The number of fused-ring (bicyclic) bond motifs is 1. The lowest BCUT2D eigenvalue weighted by Gasteiger charge is -2.33. The molecule has 0 heterocycles. The van der Waals surface area contributed by atoms with Crippen molar-refractivity contribution in [3.8, 4) is 0 Å². The molecule has 1 aromatic carbocycles. The van der Waals surface area contributed by atoms with E-state index in [2.05, 4.69) is 45.0 Å². The van der Waals surface area contributed by atoms with Crippen LogP contribution in [0.25, 0.3) is 0 Å². The predicted molar refractivity (Wildman–Crippen MR) is 56.9 cm³/mol. The van der Waals surface area contributed by atoms with Crippen molar-refractivity contribution in [3.63, 3.8) is 0 Å². The molecule has 0 amide bonds. The largest absolute Gasteiger partial charge is 0.0620 e. The fraction of sp³-hybridized carbons (Fsp3) is 0.538. The second-order valence-corrected chi connectivity index (χ2v) is 4.53. The smallest absolute Gasteiger partial charge is 0.0159 e. The lowest BCUT2D eigenvalue weighted by molar-refractivity contribution is 0.313. The van der Waals surface area contributed by atoms with Crippen molar-refractivity contribution in [2.24, 2.45) is 11.8 Å². The van der Waals surface area contributed by atoms with E-state index in [9.17, 15) is 0 Å². The van der Waals surface area contributed by atoms with E-state index in [1.807, 2.05) is 0 Å². The van der Waals surface area contributed by atoms with Gasteiger partial charge in [0.25, 0.3) is 0 Å². The maximum Gasteiger partial charge on any atom is -0.0159 e. The minimum absolute atomic E-state index is 0.736. The molecule has 0 N–H and O–H groups in total. The van der Waals surface area contributed by atoms with Crippen molar-refractivity contribution in [2.45, 2.75) is 33.1 Å². The Hall–Kier alpha value is -0.780. The first kappa shape index (κ1) is 8.80. The van der Waals surface area contributed by atoms with E-state index in [-0.39, 0.29) is 0 Å². The van der Waals surface area contributed by atoms with Crippen LogP contribution < -0.4 is 0 Å². The molecule has 3 unspecified atom stereocenters. The van der Waals surface area contributed by atoms with Crippen molar-refractivity contribution in [2.75, 3.05) is 0 Å². The number of hydrogen-bond donors (Lipinski definition) is 0. The SMILES string of the molecule is CC1Cc2ccccc2C(C)C1C. The highest BCUT2D eigenvalue weighted by Gasteiger charge is 2.27. The molecule has 0 fully saturated rings. The summed E-state index contributed by atoms with van der Waals surface area (Å²) in [6, 6.07) is 8.91. The van der Waals surface area contributed by atoms with E-state index in [1.165, 1.54) is 6.42 Å². The summed E-state index contributed by atoms with van der Waals surface area (Å²) < 4.78 is 0. The molecule has 13 heavy (non-hydrogen) atoms. The normalized spacial score (nSPS) is 32.7. The molecule has 0 bridgehead atoms. The predicted octanol–water partition coefficient (Wildman–Crippen LogP) is 3.62. The molecule has 0 aliphatic heterocycles. The van der Waals surface area contributed by atoms with Crippen molar-refractivity contribution in [1.29, 1.82) is 0 Å². The van der Waals surface area contributed by atoms with Gasteiger partial charge in [0.05, 0.1) is 0 Å². The first-order chi connectivity index (χ1) is 6.20. The highest BCUT2D eigenvalue weighted by molar-refractivity contribution is 5.33. The van der Waals surface area contributed by atoms with E-state index >= 15 is 0 Å². The Morgan fingerprint density at radius 1 is 1.08 bits per heavy atom. The highest BCUT2D eigenvalue weighted by atomic mass is 14.3. The molecule has 1 aliphatic carbocycles. The summed E-state index contributed by atoms with van der Waals surface area (Å²) in [6.07, 6.45) is 1.27. The van der Waals surface area contributed by atoms with Gasteiger partial charge in [0, 0.05) is 0 Å². The minimum Gasteiger partial charge on any atom is -0.0620 e. The third-order valence-electron chi connectivity index (χ3n) is 3.77. The van der Waals surface area contributed by atoms with Gasteiger partial charge in [-0.25, -0.2) is 0 Å². The Kier molecular flexibility index (Phi) is 2.15. The number of hydrogen-bond acceptors (Lipinski definition) is 0. The van der Waals surface area contributed by atoms with Crippen LogP contribution in [0.5, 0.6) is 0 Å². The van der Waals surface area contributed by atoms with Crippen molar-refractivity contribution in [1.82, 2.24) is 0 Å². The van der Waals surface area contributed by atoms with E-state index in [4.69, 9.17) is 0 Å². The van der Waals surface area contributed by atoms with E-state index < -0.39 is 0 Å². The van der Waals surface area contributed by atoms with Gasteiger partial charge in [-0.15, -0.1) is 0 Å². The Bertz CT molecular complexity index is 301. The zero-order chi connectivity index (χ0) is 9.42. The quantitative estimate of drug-likeness (QED) is 0.563. The Morgan fingerprint density at radius 2 is 1.77 bits per heavy atom. The summed E-state index contributed by atoms with van der Waals surface area (Å²) in [7, 11) is 0. The van der Waals surface area contributed by atoms with Crippen molar-refractivity contribution >= 4 is 0 Å². The van der Waals surface area contributed by atoms with Crippen LogP contribution in [-0.4, -0.2) is 0 Å². The topological polar surface area (TPSA) is 0 Å². The average molecular weight is 174 g/mol. The van der Waals surface area contributed by atoms with Crippen molar-refractivity contribution in [3.05, 3.63) is 35.4 Å². The zero-order valence-corrected chi connectivity index (χ0v) is 8.75. The van der Waals surface area contributed by atoms with Crippen LogP contribution in [0.3, 0.4) is 0 Å². The zero-order valence-electron chi connectivity index (χ0n) is 8.75. The van der Waals surface area contributed by atoms with Crippen LogP contribution in [0.2, 0.25) is 0 Å². The maximum absolute atomic E-state index is 2.38. The molecule has 3 atom stereocenters. The van der Waals surface area contributed by atoms with Gasteiger partial charge in [-0.3, -0.25) is 0 Å². The molecule has 0 heteroatoms. The first-order valence-corrected chi connectivity index (χ1v) is 5.28. The summed E-state index contributed by atoms with van der Waals surface area (Å²) in [4.78, 5) is 0. The molecule has 70 valence electrons. The first-order valence-electron chi connectivity index (χ1n) is 5.28. The third kappa shape index (κ3) is 1.39. The van der Waals surface area contributed by atoms with Gasteiger partial charge in [0.2, 0.25) is 0 Å². The van der Waals surface area contributed by atoms with Crippen LogP contribution in [-0.2, 0) is 6.42 Å². The third-order valence-corrected chi connectivity index (χ3v) is 3.77. The van der Waals surface area contributed by atoms with Crippen LogP contribution in [0, 0.1) is 11.8 Å². The standard InChI is InChI=1S/C13H18/c1-9-8-12-6-4-5-7-13(12)11(3)10(9)2/h4-7,9-11H,8H2,1-3H3. The molecule has 0 saturated carbocycles. The molecule has 1 aromatic rings. The van der Waals surface area contributed by atoms with Crippen LogP contribution >= 0.6 is 0 Å². The molecular formula is C13H18. The van der Waals surface area contributed by atoms with E-state index in [0.29, 0.717) is 0 Å². The Labute approximate surface area is 81.0 Å². The van der Waals surface area contributed by atoms with Gasteiger partial charge >= 0.3 is 0 Å². The molecule has 0 nitrogen and oxygen atoms in total. The fourth-order valence-electron chi connectivity index (χ4n) is 2.47. The number of benzene rings is 1. The molecule has 0 spiro atoms. The second kappa shape index (κ2) is 3.17. The molecule has 2 rings (SSSR count). The van der Waals surface area contributed by atoms with Gasteiger partial charge < -0.3 is 0 Å². The molecule has 0 aromatic heterocycles. The van der Waals surface area contributed by atoms with Gasteiger partial charge in [0.1, 0.15) is 0 Å². The van der Waals surface area contributed by atoms with Gasteiger partial charge in [0.15, 0.2) is 0 Å². The maximum atomic E-state index is 2.38. The van der Waals surface area contributed by atoms with Gasteiger partial charge in [-0.2, -0.15) is 0 Å². The lowest BCUT2D eigenvalue weighted by Crippen LogP contribution is -2.23. The second-order valence-electron chi connectivity index (χ2n) is 4.53. The minimum atomic E-state index is 0.736. The molecular weight excluding hydrogens is 156 g/mol. The lowest BCUT2D eigenvalue weighted by atomic mass is 9.71. The van der Waals surface area contributed by atoms with Crippen LogP contribution in [0.1, 0.15) is 37.8 Å². The highest BCUT2D eigenvalue weighted by Crippen LogP contribution is 2.38. The Balaban J connectivity index is 2.43. The molecule has 1 aliphatic rings. The monoisotopic (exact) mass is 174 g/mol. The van der Waals surface area contributed by atoms with E-state index in [1.54, 1.807) is 11.1 Å². The molecule has 0 saturated heterocycles. The summed E-state index contributed by atoms with van der Waals surface area (Å²) in [6.45, 7) is 7.11.